The van der Waals surface area contributed by atoms with Gasteiger partial charge in [0.15, 0.2) is 18.4 Å². The maximum absolute atomic E-state index is 13.5. The highest BCUT2D eigenvalue weighted by Gasteiger charge is 2.44. The number of hydrogen-bond donors (Lipinski definition) is 8. The van der Waals surface area contributed by atoms with Gasteiger partial charge in [0.1, 0.15) is 41.8 Å². The summed E-state index contributed by atoms with van der Waals surface area (Å²) in [5.74, 6) is -3.48. The fourth-order valence-corrected chi connectivity index (χ4v) is 10.2. The lowest BCUT2D eigenvalue weighted by atomic mass is 9.92. The molecule has 0 bridgehead atoms. The number of nitrogens with zero attached hydrogens (tertiary/aromatic N) is 1. The van der Waals surface area contributed by atoms with Crippen molar-refractivity contribution < 1.29 is 92.6 Å². The Morgan fingerprint density at radius 3 is 1.64 bits per heavy atom. The zero-order valence-electron chi connectivity index (χ0n) is 46.3. The zero-order valence-corrected chi connectivity index (χ0v) is 46.3. The van der Waals surface area contributed by atoms with Crippen molar-refractivity contribution in [2.24, 2.45) is 17.8 Å². The summed E-state index contributed by atoms with van der Waals surface area (Å²) in [5.41, 5.74) is 0. The highest BCUT2D eigenvalue weighted by molar-refractivity contribution is 6.13. The van der Waals surface area contributed by atoms with Gasteiger partial charge in [0, 0.05) is 121 Å². The molecule has 2 saturated heterocycles. The number of rotatable bonds is 41. The number of carbonyl (C=O) groups is 7. The monoisotopic (exact) mass is 1110 g/mol. The molecule has 4 amide bonds. The number of aliphatic hydroxyl groups excluding tert-OH is 6. The number of unbranched alkanes of at least 4 members (excludes halogenated alkanes) is 5. The van der Waals surface area contributed by atoms with Gasteiger partial charge < -0.3 is 69.7 Å². The van der Waals surface area contributed by atoms with E-state index in [0.717, 1.165) is 43.4 Å². The van der Waals surface area contributed by atoms with Gasteiger partial charge in [-0.15, -0.1) is 0 Å². The van der Waals surface area contributed by atoms with E-state index in [4.69, 9.17) is 28.4 Å². The molecule has 1 saturated carbocycles. The fraction of sp³-hybridized carbons (Fsp3) is 0.839. The minimum atomic E-state index is -1.23. The maximum atomic E-state index is 13.5. The quantitative estimate of drug-likeness (QED) is 0.0248. The predicted molar refractivity (Wildman–Crippen MR) is 282 cm³/mol. The highest BCUT2D eigenvalue weighted by atomic mass is 16.7. The van der Waals surface area contributed by atoms with Crippen LogP contribution in [-0.2, 0) is 62.0 Å². The summed E-state index contributed by atoms with van der Waals surface area (Å²) >= 11 is 0. The lowest BCUT2D eigenvalue weighted by Crippen LogP contribution is -2.55. The zero-order chi connectivity index (χ0) is 56.9. The summed E-state index contributed by atoms with van der Waals surface area (Å²) in [6.45, 7) is 4.50. The third kappa shape index (κ3) is 23.4. The van der Waals surface area contributed by atoms with Crippen molar-refractivity contribution in [3.63, 3.8) is 0 Å². The van der Waals surface area contributed by atoms with E-state index in [1.807, 2.05) is 0 Å². The molecule has 0 spiro atoms. The molecule has 0 aromatic heterocycles. The van der Waals surface area contributed by atoms with Gasteiger partial charge in [0.2, 0.25) is 11.8 Å². The lowest BCUT2D eigenvalue weighted by Gasteiger charge is -2.40. The standard InChI is InChI=1S/C56H93N3O19/c1-38-49(68)51(70)44(36-60)77-54(38)73-31-13-7-19-43(64)35-40(17-6-12-28-57-46(65)22-8-14-32-74-55-39(2)50(69)52(71)45(37-61)78-55)53(72)58-29-11-3-5-18-41(62)20-15-33-75-56(26-9-4-10-27-56)76-34-16-21-42(63)25-30-59-47(66)23-24-48(59)67/h23-24,38-40,44-45,49-52,54-55,60-61,68-71H,3-22,25-37H2,1-2H3,(H,57,65)(H,58,72)/t38-,39?,40-,44?,45?,49?,50?,51+,52?,54-,55-/m1/s1. The number of aliphatic hydroxyl groups is 6. The van der Waals surface area contributed by atoms with E-state index in [1.54, 1.807) is 13.8 Å². The summed E-state index contributed by atoms with van der Waals surface area (Å²) in [6.07, 6.45) is 7.24. The van der Waals surface area contributed by atoms with Crippen molar-refractivity contribution >= 4 is 41.0 Å². The number of ether oxygens (including phenoxy) is 6. The lowest BCUT2D eigenvalue weighted by molar-refractivity contribution is -0.282. The van der Waals surface area contributed by atoms with Crippen molar-refractivity contribution in [2.45, 2.75) is 223 Å². The van der Waals surface area contributed by atoms with Gasteiger partial charge in [-0.25, -0.2) is 0 Å². The van der Waals surface area contributed by atoms with E-state index in [-0.39, 0.29) is 81.0 Å². The van der Waals surface area contributed by atoms with E-state index >= 15 is 0 Å². The molecule has 1 aliphatic carbocycles. The van der Waals surface area contributed by atoms with Crippen LogP contribution < -0.4 is 10.6 Å². The Balaban J connectivity index is 1.11. The summed E-state index contributed by atoms with van der Waals surface area (Å²) in [5, 5.41) is 65.6. The van der Waals surface area contributed by atoms with Crippen LogP contribution in [0.4, 0.5) is 0 Å². The summed E-state index contributed by atoms with van der Waals surface area (Å²) in [4.78, 5) is 89.0. The number of carbonyl (C=O) groups excluding carboxylic acids is 7. The minimum Gasteiger partial charge on any atom is -0.394 e. The molecule has 3 heterocycles. The van der Waals surface area contributed by atoms with Crippen LogP contribution in [0.2, 0.25) is 0 Å². The van der Waals surface area contributed by atoms with Crippen molar-refractivity contribution in [3.8, 4) is 0 Å². The Morgan fingerprint density at radius 2 is 1.08 bits per heavy atom. The highest BCUT2D eigenvalue weighted by Crippen LogP contribution is 2.34. The Bertz CT molecular complexity index is 1840. The van der Waals surface area contributed by atoms with Crippen molar-refractivity contribution in [3.05, 3.63) is 12.2 Å². The molecule has 11 atom stereocenters. The first kappa shape index (κ1) is 66.9. The number of imide groups is 1. The largest absolute Gasteiger partial charge is 0.394 e. The fourth-order valence-electron chi connectivity index (χ4n) is 10.2. The van der Waals surface area contributed by atoms with Crippen molar-refractivity contribution in [1.29, 1.82) is 0 Å². The Kier molecular flexibility index (Phi) is 31.4. The molecule has 3 fully saturated rings. The van der Waals surface area contributed by atoms with Crippen LogP contribution in [0.1, 0.15) is 168 Å². The first-order chi connectivity index (χ1) is 37.5. The van der Waals surface area contributed by atoms with E-state index in [2.05, 4.69) is 10.6 Å². The van der Waals surface area contributed by atoms with Crippen LogP contribution in [0.25, 0.3) is 0 Å². The van der Waals surface area contributed by atoms with Gasteiger partial charge in [0.05, 0.1) is 38.6 Å². The van der Waals surface area contributed by atoms with E-state index < -0.39 is 97.8 Å². The molecular formula is C56H93N3O19. The molecule has 22 nitrogen and oxygen atoms in total. The smallest absolute Gasteiger partial charge is 0.253 e. The van der Waals surface area contributed by atoms with Gasteiger partial charge in [-0.2, -0.15) is 0 Å². The van der Waals surface area contributed by atoms with Crippen LogP contribution in [0.5, 0.6) is 0 Å². The normalized spacial score (nSPS) is 26.5. The van der Waals surface area contributed by atoms with Crippen LogP contribution in [0.3, 0.4) is 0 Å². The van der Waals surface area contributed by atoms with Crippen LogP contribution in [0, 0.1) is 17.8 Å². The average molecular weight is 1110 g/mol. The molecular weight excluding hydrogens is 1020 g/mol. The summed E-state index contributed by atoms with van der Waals surface area (Å²) < 4.78 is 35.2. The van der Waals surface area contributed by atoms with Crippen LogP contribution in [-0.4, -0.2) is 191 Å². The third-order valence-electron chi connectivity index (χ3n) is 15.2. The molecule has 0 aromatic rings. The number of amides is 4. The van der Waals surface area contributed by atoms with Gasteiger partial charge >= 0.3 is 0 Å². The first-order valence-corrected chi connectivity index (χ1v) is 28.9. The molecule has 78 heavy (non-hydrogen) atoms. The first-order valence-electron chi connectivity index (χ1n) is 28.9. The van der Waals surface area contributed by atoms with Gasteiger partial charge in [-0.05, 0) is 77.0 Å². The van der Waals surface area contributed by atoms with E-state index in [9.17, 15) is 64.2 Å². The number of ketones is 3. The SMILES string of the molecule is CC1C(O)C(O)C(CO)O[C@H]1OCCCCC(=O)NCCCC[C@H](CC(=O)CCCCO[C@@H]1OC(CO)[C@H](O)C(O)[C@H]1C)C(=O)NCCCCCC(=O)CCCOC1(OCCCC(=O)CCN2C(=O)C=CC2=O)CCCCC1. The maximum Gasteiger partial charge on any atom is 0.253 e. The number of nitrogens with one attached hydrogen (secondary N) is 2. The molecule has 446 valence electrons. The average Bonchev–Trinajstić information content (AvgIpc) is 3.77. The third-order valence-corrected chi connectivity index (χ3v) is 15.2. The van der Waals surface area contributed by atoms with Crippen LogP contribution >= 0.6 is 0 Å². The number of hydrogen-bond acceptors (Lipinski definition) is 19. The molecule has 4 rings (SSSR count). The second-order valence-corrected chi connectivity index (χ2v) is 21.5. The van der Waals surface area contributed by atoms with Crippen molar-refractivity contribution in [1.82, 2.24) is 15.5 Å². The minimum absolute atomic E-state index is 0.0464. The van der Waals surface area contributed by atoms with Crippen LogP contribution in [0.15, 0.2) is 12.2 Å². The van der Waals surface area contributed by atoms with E-state index in [0.29, 0.717) is 110 Å². The Morgan fingerprint density at radius 1 is 0.590 bits per heavy atom. The van der Waals surface area contributed by atoms with Crippen molar-refractivity contribution in [2.75, 3.05) is 59.3 Å². The molecule has 8 N–H and O–H groups in total. The second-order valence-electron chi connectivity index (χ2n) is 21.5. The second kappa shape index (κ2) is 36.7. The number of Topliss-reactive ketones (excluding diaryl/α,β-unsaturated/α-hetero) is 3. The van der Waals surface area contributed by atoms with Gasteiger partial charge in [-0.3, -0.25) is 38.5 Å². The summed E-state index contributed by atoms with van der Waals surface area (Å²) in [7, 11) is 0. The molecule has 4 aliphatic rings. The van der Waals surface area contributed by atoms with Gasteiger partial charge in [0.25, 0.3) is 11.8 Å². The molecule has 0 aromatic carbocycles. The molecule has 22 heteroatoms. The Labute approximate surface area is 460 Å². The van der Waals surface area contributed by atoms with E-state index in [1.165, 1.54) is 12.2 Å². The summed E-state index contributed by atoms with van der Waals surface area (Å²) in [6, 6.07) is 0. The molecule has 6 unspecified atom stereocenters. The predicted octanol–water partition coefficient (Wildman–Crippen LogP) is 2.76. The van der Waals surface area contributed by atoms with Gasteiger partial charge in [-0.1, -0.05) is 33.1 Å². The molecule has 0 radical (unpaired) electrons. The molecule has 3 aliphatic heterocycles. The topological polar surface area (TPSA) is 324 Å². The Hall–Kier alpha value is -3.65.